The van der Waals surface area contributed by atoms with E-state index in [0.717, 1.165) is 0 Å². The van der Waals surface area contributed by atoms with Crippen molar-refractivity contribution in [2.75, 3.05) is 12.0 Å². The first-order chi connectivity index (χ1) is 5.43. The van der Waals surface area contributed by atoms with Gasteiger partial charge in [-0.2, -0.15) is 11.8 Å². The molecule has 0 fully saturated rings. The Morgan fingerprint density at radius 3 is 3.00 bits per heavy atom. The highest BCUT2D eigenvalue weighted by Crippen LogP contribution is 2.15. The number of allylic oxidation sites excluding steroid dienone is 4. The lowest BCUT2D eigenvalue weighted by atomic mass is 10.0. The summed E-state index contributed by atoms with van der Waals surface area (Å²) >= 11 is 1.94. The molecule has 0 saturated heterocycles. The van der Waals surface area contributed by atoms with Gasteiger partial charge in [0, 0.05) is 0 Å². The van der Waals surface area contributed by atoms with Crippen LogP contribution in [0.4, 0.5) is 0 Å². The zero-order chi connectivity index (χ0) is 7.94. The van der Waals surface area contributed by atoms with E-state index >= 15 is 0 Å². The molecule has 0 nitrogen and oxygen atoms in total. The van der Waals surface area contributed by atoms with E-state index in [9.17, 15) is 0 Å². The molecule has 0 bridgehead atoms. The highest BCUT2D eigenvalue weighted by atomic mass is 32.2. The molecule has 0 spiro atoms. The standard InChI is InChI=1S/C10H16S/c1-11-9-5-8-10-6-3-2-4-7-10/h3,6-7H,2,4-5,8-9H2,1H3. The van der Waals surface area contributed by atoms with Crippen LogP contribution >= 0.6 is 11.8 Å². The van der Waals surface area contributed by atoms with E-state index in [4.69, 9.17) is 0 Å². The van der Waals surface area contributed by atoms with Crippen molar-refractivity contribution in [2.45, 2.75) is 25.7 Å². The van der Waals surface area contributed by atoms with Crippen LogP contribution in [0.15, 0.2) is 23.8 Å². The van der Waals surface area contributed by atoms with Crippen molar-refractivity contribution in [2.24, 2.45) is 0 Å². The van der Waals surface area contributed by atoms with Gasteiger partial charge in [0.25, 0.3) is 0 Å². The molecule has 0 aromatic rings. The van der Waals surface area contributed by atoms with Gasteiger partial charge in [0.2, 0.25) is 0 Å². The van der Waals surface area contributed by atoms with E-state index in [1.165, 1.54) is 31.4 Å². The number of rotatable bonds is 4. The van der Waals surface area contributed by atoms with Crippen LogP contribution < -0.4 is 0 Å². The minimum absolute atomic E-state index is 1.24. The molecule has 0 radical (unpaired) electrons. The predicted octanol–water partition coefficient (Wildman–Crippen LogP) is 3.41. The maximum atomic E-state index is 2.38. The molecule has 0 saturated carbocycles. The number of hydrogen-bond acceptors (Lipinski definition) is 1. The molecule has 1 aliphatic rings. The van der Waals surface area contributed by atoms with Gasteiger partial charge in [-0.1, -0.05) is 23.8 Å². The lowest BCUT2D eigenvalue weighted by Crippen LogP contribution is -1.86. The first-order valence-corrected chi connectivity index (χ1v) is 5.67. The Balaban J connectivity index is 2.15. The monoisotopic (exact) mass is 168 g/mol. The van der Waals surface area contributed by atoms with Crippen molar-refractivity contribution in [3.63, 3.8) is 0 Å². The van der Waals surface area contributed by atoms with Crippen LogP contribution in [0.5, 0.6) is 0 Å². The quantitative estimate of drug-likeness (QED) is 0.580. The Bertz CT molecular complexity index is 156. The van der Waals surface area contributed by atoms with E-state index in [2.05, 4.69) is 24.5 Å². The Morgan fingerprint density at radius 2 is 2.36 bits per heavy atom. The third-order valence-electron chi connectivity index (χ3n) is 1.89. The lowest BCUT2D eigenvalue weighted by molar-refractivity contribution is 0.903. The van der Waals surface area contributed by atoms with Gasteiger partial charge >= 0.3 is 0 Å². The van der Waals surface area contributed by atoms with Crippen LogP contribution in [0.2, 0.25) is 0 Å². The molecule has 1 aliphatic carbocycles. The second-order valence-electron chi connectivity index (χ2n) is 2.86. The third-order valence-corrected chi connectivity index (χ3v) is 2.58. The van der Waals surface area contributed by atoms with E-state index in [1.54, 1.807) is 5.57 Å². The molecule has 0 unspecified atom stereocenters. The fourth-order valence-electron chi connectivity index (χ4n) is 1.27. The molecule has 11 heavy (non-hydrogen) atoms. The van der Waals surface area contributed by atoms with Crippen LogP contribution in [-0.4, -0.2) is 12.0 Å². The Labute approximate surface area is 73.8 Å². The summed E-state index contributed by atoms with van der Waals surface area (Å²) in [5.41, 5.74) is 1.55. The van der Waals surface area contributed by atoms with Gasteiger partial charge in [0.05, 0.1) is 0 Å². The maximum absolute atomic E-state index is 2.38. The minimum atomic E-state index is 1.24. The molecule has 1 heteroatoms. The average molecular weight is 168 g/mol. The first kappa shape index (κ1) is 8.92. The molecule has 0 aliphatic heterocycles. The minimum Gasteiger partial charge on any atom is -0.165 e. The van der Waals surface area contributed by atoms with Crippen molar-refractivity contribution in [3.8, 4) is 0 Å². The normalized spacial score (nSPS) is 16.6. The highest BCUT2D eigenvalue weighted by Gasteiger charge is 1.95. The van der Waals surface area contributed by atoms with Crippen molar-refractivity contribution in [3.05, 3.63) is 23.8 Å². The van der Waals surface area contributed by atoms with E-state index in [-0.39, 0.29) is 0 Å². The summed E-state index contributed by atoms with van der Waals surface area (Å²) in [6, 6.07) is 0. The van der Waals surface area contributed by atoms with Crippen molar-refractivity contribution < 1.29 is 0 Å². The van der Waals surface area contributed by atoms with Gasteiger partial charge in [-0.3, -0.25) is 0 Å². The summed E-state index contributed by atoms with van der Waals surface area (Å²) < 4.78 is 0. The Hall–Kier alpha value is -0.170. The Kier molecular flexibility index (Phi) is 4.44. The van der Waals surface area contributed by atoms with E-state index in [0.29, 0.717) is 0 Å². The molecule has 0 heterocycles. The van der Waals surface area contributed by atoms with Crippen LogP contribution in [0.3, 0.4) is 0 Å². The summed E-state index contributed by atoms with van der Waals surface area (Å²) in [5, 5.41) is 0. The third kappa shape index (κ3) is 3.66. The Morgan fingerprint density at radius 1 is 1.45 bits per heavy atom. The van der Waals surface area contributed by atoms with Gasteiger partial charge in [0.15, 0.2) is 0 Å². The second kappa shape index (κ2) is 5.48. The highest BCUT2D eigenvalue weighted by molar-refractivity contribution is 7.98. The topological polar surface area (TPSA) is 0 Å². The first-order valence-electron chi connectivity index (χ1n) is 4.28. The second-order valence-corrected chi connectivity index (χ2v) is 3.84. The summed E-state index contributed by atoms with van der Waals surface area (Å²) in [7, 11) is 0. The fourth-order valence-corrected chi connectivity index (χ4v) is 1.71. The van der Waals surface area contributed by atoms with Crippen molar-refractivity contribution >= 4 is 11.8 Å². The van der Waals surface area contributed by atoms with Gasteiger partial charge in [-0.15, -0.1) is 0 Å². The maximum Gasteiger partial charge on any atom is -0.00672 e. The van der Waals surface area contributed by atoms with Crippen molar-refractivity contribution in [1.82, 2.24) is 0 Å². The largest absolute Gasteiger partial charge is 0.165 e. The number of hydrogen-bond donors (Lipinski definition) is 0. The van der Waals surface area contributed by atoms with Crippen molar-refractivity contribution in [1.29, 1.82) is 0 Å². The predicted molar refractivity (Wildman–Crippen MR) is 54.1 cm³/mol. The summed E-state index contributed by atoms with van der Waals surface area (Å²) in [6.45, 7) is 0. The molecular formula is C10H16S. The van der Waals surface area contributed by atoms with Crippen LogP contribution in [0.1, 0.15) is 25.7 Å². The van der Waals surface area contributed by atoms with Crippen LogP contribution in [0, 0.1) is 0 Å². The van der Waals surface area contributed by atoms with Crippen LogP contribution in [-0.2, 0) is 0 Å². The van der Waals surface area contributed by atoms with Gasteiger partial charge in [-0.25, -0.2) is 0 Å². The van der Waals surface area contributed by atoms with Gasteiger partial charge in [-0.05, 0) is 37.7 Å². The molecule has 1 rings (SSSR count). The summed E-state index contributed by atoms with van der Waals surface area (Å²) in [5.74, 6) is 1.30. The smallest absolute Gasteiger partial charge is 0.00672 e. The molecular weight excluding hydrogens is 152 g/mol. The zero-order valence-corrected chi connectivity index (χ0v) is 7.99. The molecule has 0 atom stereocenters. The van der Waals surface area contributed by atoms with Gasteiger partial charge < -0.3 is 0 Å². The molecule has 0 amide bonds. The number of thioether (sulfide) groups is 1. The van der Waals surface area contributed by atoms with E-state index < -0.39 is 0 Å². The van der Waals surface area contributed by atoms with E-state index in [1.807, 2.05) is 11.8 Å². The molecule has 62 valence electrons. The zero-order valence-electron chi connectivity index (χ0n) is 7.18. The fraction of sp³-hybridized carbons (Fsp3) is 0.600. The molecule has 0 aromatic heterocycles. The summed E-state index contributed by atoms with van der Waals surface area (Å²) in [6.07, 6.45) is 14.2. The SMILES string of the molecule is CSCCCC1=CCCC=C1. The van der Waals surface area contributed by atoms with Gasteiger partial charge in [0.1, 0.15) is 0 Å². The van der Waals surface area contributed by atoms with Crippen LogP contribution in [0.25, 0.3) is 0 Å². The average Bonchev–Trinajstić information content (AvgIpc) is 2.07. The molecule has 0 aromatic carbocycles. The molecule has 0 N–H and O–H groups in total. The lowest BCUT2D eigenvalue weighted by Gasteiger charge is -2.05. The summed E-state index contributed by atoms with van der Waals surface area (Å²) in [4.78, 5) is 0.